The maximum Gasteiger partial charge on any atom is 0.0544 e. The van der Waals surface area contributed by atoms with Crippen molar-refractivity contribution in [2.75, 3.05) is 19.8 Å². The molecular formula is C15H32O2. The third-order valence-corrected chi connectivity index (χ3v) is 4.90. The van der Waals surface area contributed by atoms with Crippen LogP contribution in [-0.4, -0.2) is 24.9 Å². The van der Waals surface area contributed by atoms with Crippen molar-refractivity contribution in [2.45, 2.75) is 66.7 Å². The average Bonchev–Trinajstić information content (AvgIpc) is 2.41. The molecule has 0 rings (SSSR count). The molecule has 0 bridgehead atoms. The van der Waals surface area contributed by atoms with E-state index in [0.29, 0.717) is 12.0 Å². The number of rotatable bonds is 10. The van der Waals surface area contributed by atoms with Crippen LogP contribution in [0.15, 0.2) is 0 Å². The molecule has 0 saturated carbocycles. The molecule has 0 atom stereocenters. The molecule has 0 aromatic heterocycles. The molecular weight excluding hydrogens is 212 g/mol. The summed E-state index contributed by atoms with van der Waals surface area (Å²) in [6.45, 7) is 12.8. The smallest absolute Gasteiger partial charge is 0.0544 e. The molecule has 0 aliphatic rings. The second-order valence-electron chi connectivity index (χ2n) is 5.42. The Morgan fingerprint density at radius 1 is 0.706 bits per heavy atom. The summed E-state index contributed by atoms with van der Waals surface area (Å²) in [6, 6.07) is 0. The molecule has 2 heteroatoms. The first-order valence-corrected chi connectivity index (χ1v) is 7.26. The Morgan fingerprint density at radius 2 is 1.06 bits per heavy atom. The summed E-state index contributed by atoms with van der Waals surface area (Å²) in [4.78, 5) is 0. The maximum absolute atomic E-state index is 9.50. The SMILES string of the molecule is CCC(CC)(CC)COCC(CC)(CC)CO. The van der Waals surface area contributed by atoms with Crippen LogP contribution in [0.5, 0.6) is 0 Å². The van der Waals surface area contributed by atoms with E-state index >= 15 is 0 Å². The van der Waals surface area contributed by atoms with Crippen LogP contribution in [0.25, 0.3) is 0 Å². The lowest BCUT2D eigenvalue weighted by Crippen LogP contribution is -2.33. The van der Waals surface area contributed by atoms with E-state index in [4.69, 9.17) is 4.74 Å². The van der Waals surface area contributed by atoms with Crippen LogP contribution in [0, 0.1) is 10.8 Å². The molecule has 2 nitrogen and oxygen atoms in total. The van der Waals surface area contributed by atoms with Crippen molar-refractivity contribution < 1.29 is 9.84 Å². The van der Waals surface area contributed by atoms with E-state index in [9.17, 15) is 5.11 Å². The third-order valence-electron chi connectivity index (χ3n) is 4.90. The van der Waals surface area contributed by atoms with Crippen molar-refractivity contribution in [3.8, 4) is 0 Å². The van der Waals surface area contributed by atoms with Crippen molar-refractivity contribution in [3.63, 3.8) is 0 Å². The first-order valence-electron chi connectivity index (χ1n) is 7.26. The summed E-state index contributed by atoms with van der Waals surface area (Å²) >= 11 is 0. The standard InChI is InChI=1S/C15H32O2/c1-6-14(7-2,8-3)12-17-13-15(9-4,10-5)11-16/h16H,6-13H2,1-5H3. The normalized spacial score (nSPS) is 13.1. The highest BCUT2D eigenvalue weighted by Crippen LogP contribution is 2.32. The molecule has 0 aliphatic carbocycles. The van der Waals surface area contributed by atoms with Gasteiger partial charge in [0.1, 0.15) is 0 Å². The van der Waals surface area contributed by atoms with E-state index in [1.165, 1.54) is 19.3 Å². The Morgan fingerprint density at radius 3 is 1.35 bits per heavy atom. The van der Waals surface area contributed by atoms with Crippen LogP contribution in [0.1, 0.15) is 66.7 Å². The summed E-state index contributed by atoms with van der Waals surface area (Å²) in [5, 5.41) is 9.50. The third kappa shape index (κ3) is 4.59. The van der Waals surface area contributed by atoms with Crippen molar-refractivity contribution >= 4 is 0 Å². The molecule has 0 fully saturated rings. The van der Waals surface area contributed by atoms with Crippen molar-refractivity contribution in [2.24, 2.45) is 10.8 Å². The lowest BCUT2D eigenvalue weighted by molar-refractivity contribution is -0.0366. The zero-order valence-electron chi connectivity index (χ0n) is 12.5. The highest BCUT2D eigenvalue weighted by atomic mass is 16.5. The van der Waals surface area contributed by atoms with Gasteiger partial charge in [-0.05, 0) is 37.5 Å². The molecule has 0 radical (unpaired) electrons. The summed E-state index contributed by atoms with van der Waals surface area (Å²) in [7, 11) is 0. The van der Waals surface area contributed by atoms with Gasteiger partial charge in [0.25, 0.3) is 0 Å². The fraction of sp³-hybridized carbons (Fsp3) is 1.00. The van der Waals surface area contributed by atoms with Gasteiger partial charge < -0.3 is 9.84 Å². The van der Waals surface area contributed by atoms with Gasteiger partial charge in [-0.2, -0.15) is 0 Å². The van der Waals surface area contributed by atoms with Gasteiger partial charge in [0.2, 0.25) is 0 Å². The predicted octanol–water partition coefficient (Wildman–Crippen LogP) is 4.02. The highest BCUT2D eigenvalue weighted by Gasteiger charge is 2.29. The summed E-state index contributed by atoms with van der Waals surface area (Å²) in [6.07, 6.45) is 5.48. The van der Waals surface area contributed by atoms with Gasteiger partial charge in [-0.15, -0.1) is 0 Å². The van der Waals surface area contributed by atoms with E-state index in [-0.39, 0.29) is 12.0 Å². The molecule has 104 valence electrons. The van der Waals surface area contributed by atoms with Gasteiger partial charge in [-0.3, -0.25) is 0 Å². The molecule has 0 heterocycles. The Balaban J connectivity index is 4.28. The van der Waals surface area contributed by atoms with Gasteiger partial charge in [-0.25, -0.2) is 0 Å². The van der Waals surface area contributed by atoms with Crippen LogP contribution in [0.4, 0.5) is 0 Å². The number of aliphatic hydroxyl groups excluding tert-OH is 1. The Labute approximate surface area is 108 Å². The van der Waals surface area contributed by atoms with Crippen LogP contribution < -0.4 is 0 Å². The topological polar surface area (TPSA) is 29.5 Å². The van der Waals surface area contributed by atoms with Gasteiger partial charge in [-0.1, -0.05) is 34.6 Å². The minimum atomic E-state index is -0.0268. The van der Waals surface area contributed by atoms with Crippen LogP contribution in [0.2, 0.25) is 0 Å². The van der Waals surface area contributed by atoms with Crippen LogP contribution >= 0.6 is 0 Å². The zero-order valence-corrected chi connectivity index (χ0v) is 12.5. The number of hydrogen-bond acceptors (Lipinski definition) is 2. The van der Waals surface area contributed by atoms with E-state index < -0.39 is 0 Å². The first kappa shape index (κ1) is 16.9. The molecule has 0 amide bonds. The van der Waals surface area contributed by atoms with Crippen molar-refractivity contribution in [1.82, 2.24) is 0 Å². The fourth-order valence-corrected chi connectivity index (χ4v) is 2.26. The van der Waals surface area contributed by atoms with E-state index in [0.717, 1.165) is 19.4 Å². The van der Waals surface area contributed by atoms with Crippen molar-refractivity contribution in [3.05, 3.63) is 0 Å². The molecule has 0 spiro atoms. The molecule has 0 unspecified atom stereocenters. The average molecular weight is 244 g/mol. The largest absolute Gasteiger partial charge is 0.396 e. The van der Waals surface area contributed by atoms with E-state index in [1.807, 2.05) is 0 Å². The zero-order chi connectivity index (χ0) is 13.4. The number of hydrogen-bond donors (Lipinski definition) is 1. The maximum atomic E-state index is 9.50. The van der Waals surface area contributed by atoms with E-state index in [2.05, 4.69) is 34.6 Å². The van der Waals surface area contributed by atoms with Crippen LogP contribution in [0.3, 0.4) is 0 Å². The Bertz CT molecular complexity index is 145. The van der Waals surface area contributed by atoms with Gasteiger partial charge in [0.15, 0.2) is 0 Å². The monoisotopic (exact) mass is 244 g/mol. The second kappa shape index (κ2) is 8.10. The Hall–Kier alpha value is -0.0800. The minimum Gasteiger partial charge on any atom is -0.396 e. The Kier molecular flexibility index (Phi) is 8.06. The second-order valence-corrected chi connectivity index (χ2v) is 5.42. The molecule has 0 saturated heterocycles. The lowest BCUT2D eigenvalue weighted by atomic mass is 9.80. The molecule has 1 N–H and O–H groups in total. The molecule has 0 aromatic rings. The van der Waals surface area contributed by atoms with Gasteiger partial charge in [0.05, 0.1) is 19.8 Å². The van der Waals surface area contributed by atoms with Crippen LogP contribution in [-0.2, 0) is 4.74 Å². The highest BCUT2D eigenvalue weighted by molar-refractivity contribution is 4.78. The summed E-state index contributed by atoms with van der Waals surface area (Å²) in [5.41, 5.74) is 0.309. The lowest BCUT2D eigenvalue weighted by Gasteiger charge is -2.34. The summed E-state index contributed by atoms with van der Waals surface area (Å²) in [5.74, 6) is 0. The quantitative estimate of drug-likeness (QED) is 0.629. The number of ether oxygens (including phenoxy) is 1. The molecule has 17 heavy (non-hydrogen) atoms. The molecule has 0 aliphatic heterocycles. The number of aliphatic hydroxyl groups is 1. The van der Waals surface area contributed by atoms with Crippen molar-refractivity contribution in [1.29, 1.82) is 0 Å². The first-order chi connectivity index (χ1) is 8.07. The van der Waals surface area contributed by atoms with Gasteiger partial charge in [0, 0.05) is 5.41 Å². The minimum absolute atomic E-state index is 0.0268. The summed E-state index contributed by atoms with van der Waals surface area (Å²) < 4.78 is 5.95. The fourth-order valence-electron chi connectivity index (χ4n) is 2.26. The van der Waals surface area contributed by atoms with Gasteiger partial charge >= 0.3 is 0 Å². The predicted molar refractivity (Wildman–Crippen MR) is 74.2 cm³/mol. The molecule has 0 aromatic carbocycles. The van der Waals surface area contributed by atoms with E-state index in [1.54, 1.807) is 0 Å².